The van der Waals surface area contributed by atoms with Crippen LogP contribution in [-0.4, -0.2) is 32.8 Å². The van der Waals surface area contributed by atoms with Gasteiger partial charge in [0.1, 0.15) is 0 Å². The molecular weight excluding hydrogens is 458 g/mol. The number of aliphatic imine (C=N–C) groups is 1. The van der Waals surface area contributed by atoms with Crippen molar-refractivity contribution in [1.29, 1.82) is 0 Å². The number of amides is 1. The van der Waals surface area contributed by atoms with Gasteiger partial charge in [-0.05, 0) is 70.5 Å². The number of nitrogens with zero attached hydrogens (tertiary/aromatic N) is 4. The zero-order valence-electron chi connectivity index (χ0n) is 20.6. The second-order valence-electron chi connectivity index (χ2n) is 9.79. The minimum absolute atomic E-state index is 0.0786. The normalized spacial score (nSPS) is 17.6. The average Bonchev–Trinajstić information content (AvgIpc) is 3.25. The lowest BCUT2D eigenvalue weighted by Crippen LogP contribution is -2.49. The van der Waals surface area contributed by atoms with Gasteiger partial charge in [0.05, 0.1) is 0 Å². The molecule has 3 heterocycles. The first-order valence-corrected chi connectivity index (χ1v) is 12.9. The monoisotopic (exact) mass is 487 g/mol. The van der Waals surface area contributed by atoms with Crippen LogP contribution in [0.4, 0.5) is 0 Å². The van der Waals surface area contributed by atoms with Crippen LogP contribution in [0.2, 0.25) is 0 Å². The summed E-state index contributed by atoms with van der Waals surface area (Å²) in [5.74, 6) is 0.221. The van der Waals surface area contributed by atoms with Crippen LogP contribution in [-0.2, 0) is 10.3 Å². The lowest BCUT2D eigenvalue weighted by atomic mass is 9.80. The van der Waals surface area contributed by atoms with Crippen LogP contribution in [0.1, 0.15) is 43.2 Å². The van der Waals surface area contributed by atoms with Gasteiger partial charge >= 0.3 is 0 Å². The summed E-state index contributed by atoms with van der Waals surface area (Å²) >= 11 is 0. The number of carbonyl (C=O) groups excluding carboxylic acids is 1. The first-order valence-electron chi connectivity index (χ1n) is 12.9. The van der Waals surface area contributed by atoms with E-state index in [0.717, 1.165) is 59.1 Å². The Bertz CT molecular complexity index is 1360. The number of carbonyl (C=O) groups is 1. The van der Waals surface area contributed by atoms with Crippen molar-refractivity contribution in [3.63, 3.8) is 0 Å². The molecular formula is C31H29N5O. The summed E-state index contributed by atoms with van der Waals surface area (Å²) in [5, 5.41) is 0. The van der Waals surface area contributed by atoms with E-state index in [-0.39, 0.29) is 11.9 Å². The van der Waals surface area contributed by atoms with E-state index in [2.05, 4.69) is 9.97 Å². The third-order valence-corrected chi connectivity index (χ3v) is 7.55. The molecule has 6 nitrogen and oxygen atoms in total. The highest BCUT2D eigenvalue weighted by Gasteiger charge is 2.52. The summed E-state index contributed by atoms with van der Waals surface area (Å²) in [6.45, 7) is 0. The fraction of sp³-hybridized carbons (Fsp3) is 0.226. The van der Waals surface area contributed by atoms with Crippen molar-refractivity contribution in [2.24, 2.45) is 10.7 Å². The number of rotatable bonds is 5. The van der Waals surface area contributed by atoms with Gasteiger partial charge in [0.25, 0.3) is 5.91 Å². The van der Waals surface area contributed by atoms with Gasteiger partial charge in [-0.1, -0.05) is 67.8 Å². The van der Waals surface area contributed by atoms with Crippen molar-refractivity contribution in [2.45, 2.75) is 43.7 Å². The van der Waals surface area contributed by atoms with Crippen molar-refractivity contribution in [3.8, 4) is 22.3 Å². The highest BCUT2D eigenvalue weighted by atomic mass is 16.2. The summed E-state index contributed by atoms with van der Waals surface area (Å²) in [5.41, 5.74) is 10.8. The minimum atomic E-state index is -1.27. The quantitative estimate of drug-likeness (QED) is 0.400. The SMILES string of the molecule is NC1=NC(c2cccc(-c3cccnc3)c2)(c2cccc(-c3cccnc3)c2)C(=O)N1C1CCCCC1. The van der Waals surface area contributed by atoms with E-state index in [1.807, 2.05) is 85.2 Å². The van der Waals surface area contributed by atoms with Crippen LogP contribution in [0, 0.1) is 0 Å². The summed E-state index contributed by atoms with van der Waals surface area (Å²) in [6, 6.07) is 24.0. The molecule has 1 fully saturated rings. The molecule has 184 valence electrons. The fourth-order valence-electron chi connectivity index (χ4n) is 5.70. The first-order chi connectivity index (χ1) is 18.2. The highest BCUT2D eigenvalue weighted by molar-refractivity contribution is 6.09. The minimum Gasteiger partial charge on any atom is -0.369 e. The molecule has 1 amide bonds. The standard InChI is InChI=1S/C31H29N5O/c32-30-35-31(29(37)36(30)28-14-2-1-3-15-28,26-12-4-8-22(18-26)24-10-6-16-33-20-24)27-13-5-9-23(19-27)25-11-7-17-34-21-25/h4-13,16-21,28H,1-3,14-15H2,(H2,32,35). The fourth-order valence-corrected chi connectivity index (χ4v) is 5.70. The summed E-state index contributed by atoms with van der Waals surface area (Å²) < 4.78 is 0. The van der Waals surface area contributed by atoms with Gasteiger partial charge in [-0.3, -0.25) is 19.7 Å². The molecule has 2 aliphatic rings. The Kier molecular flexibility index (Phi) is 6.01. The van der Waals surface area contributed by atoms with E-state index >= 15 is 0 Å². The number of nitrogens with two attached hydrogens (primary N) is 1. The number of guanidine groups is 1. The van der Waals surface area contributed by atoms with Crippen LogP contribution in [0.15, 0.2) is 103 Å². The summed E-state index contributed by atoms with van der Waals surface area (Å²) in [7, 11) is 0. The molecule has 0 radical (unpaired) electrons. The predicted molar refractivity (Wildman–Crippen MR) is 145 cm³/mol. The number of hydrogen-bond acceptors (Lipinski definition) is 5. The van der Waals surface area contributed by atoms with E-state index in [1.165, 1.54) is 6.42 Å². The first kappa shape index (κ1) is 23.1. The third-order valence-electron chi connectivity index (χ3n) is 7.55. The largest absolute Gasteiger partial charge is 0.369 e. The lowest BCUT2D eigenvalue weighted by Gasteiger charge is -2.33. The van der Waals surface area contributed by atoms with E-state index in [4.69, 9.17) is 10.7 Å². The van der Waals surface area contributed by atoms with Crippen molar-refractivity contribution in [1.82, 2.24) is 14.9 Å². The van der Waals surface area contributed by atoms with Gasteiger partial charge in [-0.25, -0.2) is 4.99 Å². The Morgan fingerprint density at radius 3 is 1.78 bits per heavy atom. The average molecular weight is 488 g/mol. The smallest absolute Gasteiger partial charge is 0.266 e. The number of pyridine rings is 2. The number of hydrogen-bond donors (Lipinski definition) is 1. The summed E-state index contributed by atoms with van der Waals surface area (Å²) in [4.78, 5) is 29.9. The molecule has 6 rings (SSSR count). The molecule has 0 unspecified atom stereocenters. The zero-order valence-corrected chi connectivity index (χ0v) is 20.6. The highest BCUT2D eigenvalue weighted by Crippen LogP contribution is 2.43. The molecule has 0 spiro atoms. The van der Waals surface area contributed by atoms with Crippen LogP contribution in [0.3, 0.4) is 0 Å². The van der Waals surface area contributed by atoms with E-state index in [0.29, 0.717) is 5.96 Å². The van der Waals surface area contributed by atoms with Gasteiger partial charge < -0.3 is 5.73 Å². The lowest BCUT2D eigenvalue weighted by molar-refractivity contribution is -0.132. The molecule has 4 aromatic rings. The van der Waals surface area contributed by atoms with Crippen molar-refractivity contribution >= 4 is 11.9 Å². The zero-order chi connectivity index (χ0) is 25.2. The predicted octanol–water partition coefficient (Wildman–Crippen LogP) is 5.54. The van der Waals surface area contributed by atoms with Gasteiger partial charge in [0, 0.05) is 30.8 Å². The van der Waals surface area contributed by atoms with Gasteiger partial charge in [0.15, 0.2) is 11.5 Å². The van der Waals surface area contributed by atoms with E-state index in [1.54, 1.807) is 17.3 Å². The van der Waals surface area contributed by atoms with Crippen LogP contribution in [0.5, 0.6) is 0 Å². The second kappa shape index (κ2) is 9.62. The molecule has 1 saturated carbocycles. The van der Waals surface area contributed by atoms with Crippen molar-refractivity contribution < 1.29 is 4.79 Å². The van der Waals surface area contributed by atoms with Gasteiger partial charge in [-0.15, -0.1) is 0 Å². The Labute approximate surface area is 216 Å². The Balaban J connectivity index is 1.53. The molecule has 0 atom stereocenters. The molecule has 0 bridgehead atoms. The maximum absolute atomic E-state index is 14.5. The molecule has 1 aliphatic carbocycles. The Morgan fingerprint density at radius 1 is 0.730 bits per heavy atom. The topological polar surface area (TPSA) is 84.5 Å². The third kappa shape index (κ3) is 4.08. The number of benzene rings is 2. The Hall–Kier alpha value is -4.32. The molecule has 0 saturated heterocycles. The van der Waals surface area contributed by atoms with Crippen molar-refractivity contribution in [3.05, 3.63) is 109 Å². The van der Waals surface area contributed by atoms with E-state index < -0.39 is 5.54 Å². The molecule has 2 N–H and O–H groups in total. The van der Waals surface area contributed by atoms with Crippen molar-refractivity contribution in [2.75, 3.05) is 0 Å². The van der Waals surface area contributed by atoms with Crippen LogP contribution < -0.4 is 5.73 Å². The molecule has 2 aromatic carbocycles. The maximum atomic E-state index is 14.5. The number of aromatic nitrogens is 2. The molecule has 1 aliphatic heterocycles. The molecule has 2 aromatic heterocycles. The Morgan fingerprint density at radius 2 is 1.27 bits per heavy atom. The van der Waals surface area contributed by atoms with Gasteiger partial charge in [-0.2, -0.15) is 0 Å². The van der Waals surface area contributed by atoms with Gasteiger partial charge in [0.2, 0.25) is 0 Å². The summed E-state index contributed by atoms with van der Waals surface area (Å²) in [6.07, 6.45) is 12.5. The van der Waals surface area contributed by atoms with Crippen LogP contribution >= 0.6 is 0 Å². The molecule has 37 heavy (non-hydrogen) atoms. The molecule has 6 heteroatoms. The van der Waals surface area contributed by atoms with Crippen LogP contribution in [0.25, 0.3) is 22.3 Å². The van der Waals surface area contributed by atoms with E-state index in [9.17, 15) is 4.79 Å². The second-order valence-corrected chi connectivity index (χ2v) is 9.79. The maximum Gasteiger partial charge on any atom is 0.266 e.